The molecule has 4 rings (SSSR count). The number of hydrogen-bond acceptors (Lipinski definition) is 0. The third-order valence-electron chi connectivity index (χ3n) is 5.92. The topological polar surface area (TPSA) is 0 Å². The van der Waals surface area contributed by atoms with Gasteiger partial charge < -0.3 is 0 Å². The van der Waals surface area contributed by atoms with Gasteiger partial charge in [0, 0.05) is 0 Å². The quantitative estimate of drug-likeness (QED) is 0.363. The molecule has 26 heavy (non-hydrogen) atoms. The molecule has 0 fully saturated rings. The zero-order chi connectivity index (χ0) is 17.9. The van der Waals surface area contributed by atoms with Crippen LogP contribution in [0.5, 0.6) is 0 Å². The van der Waals surface area contributed by atoms with E-state index in [2.05, 4.69) is 74.5 Å². The first kappa shape index (κ1) is 18.2. The molecular weight excluding hydrogens is 391 g/mol. The Hall–Kier alpha value is -1.20. The van der Waals surface area contributed by atoms with Gasteiger partial charge in [0.2, 0.25) is 0 Å². The first-order valence-electron chi connectivity index (χ1n) is 10.3. The Balaban J connectivity index is 1.87. The fourth-order valence-electron chi connectivity index (χ4n) is 4.63. The number of hydrogen-bond donors (Lipinski definition) is 0. The van der Waals surface area contributed by atoms with Gasteiger partial charge in [-0.25, -0.2) is 0 Å². The van der Waals surface area contributed by atoms with Gasteiger partial charge in [-0.2, -0.15) is 0 Å². The average molecular weight is 421 g/mol. The van der Waals surface area contributed by atoms with E-state index in [1.165, 1.54) is 42.0 Å². The van der Waals surface area contributed by atoms with E-state index < -0.39 is 21.8 Å². The number of rotatable bonds is 7. The van der Waals surface area contributed by atoms with Crippen LogP contribution in [0, 0.1) is 0 Å². The molecule has 1 heteroatoms. The molecule has 3 aromatic rings. The SMILES string of the molecule is CCC[CH2][Zr]([CH2]CCC)[CH]1c2ccccc2-c2c1ccc1ccccc21. The van der Waals surface area contributed by atoms with E-state index in [4.69, 9.17) is 0 Å². The molecule has 0 nitrogen and oxygen atoms in total. The van der Waals surface area contributed by atoms with Crippen molar-refractivity contribution in [1.29, 1.82) is 0 Å². The van der Waals surface area contributed by atoms with Crippen molar-refractivity contribution in [3.63, 3.8) is 0 Å². The summed E-state index contributed by atoms with van der Waals surface area (Å²) in [5.41, 5.74) is 6.39. The molecule has 133 valence electrons. The van der Waals surface area contributed by atoms with Gasteiger partial charge in [0.15, 0.2) is 0 Å². The normalized spacial score (nSPS) is 15.1. The van der Waals surface area contributed by atoms with Crippen LogP contribution in [0.4, 0.5) is 0 Å². The molecule has 0 saturated heterocycles. The Kier molecular flexibility index (Phi) is 5.75. The monoisotopic (exact) mass is 419 g/mol. The van der Waals surface area contributed by atoms with E-state index in [1.807, 2.05) is 0 Å². The van der Waals surface area contributed by atoms with Crippen LogP contribution in [0.2, 0.25) is 8.26 Å². The van der Waals surface area contributed by atoms with Gasteiger partial charge in [-0.1, -0.05) is 0 Å². The molecule has 0 heterocycles. The van der Waals surface area contributed by atoms with E-state index in [0.717, 1.165) is 3.63 Å². The van der Waals surface area contributed by atoms with Crippen molar-refractivity contribution in [2.75, 3.05) is 0 Å². The van der Waals surface area contributed by atoms with Crippen LogP contribution in [0.25, 0.3) is 21.9 Å². The maximum atomic E-state index is 2.47. The van der Waals surface area contributed by atoms with Crippen LogP contribution >= 0.6 is 0 Å². The van der Waals surface area contributed by atoms with Gasteiger partial charge in [0.1, 0.15) is 0 Å². The van der Waals surface area contributed by atoms with Gasteiger partial charge in [-0.05, 0) is 0 Å². The Labute approximate surface area is 166 Å². The van der Waals surface area contributed by atoms with Crippen molar-refractivity contribution in [3.8, 4) is 11.1 Å². The minimum atomic E-state index is -1.56. The number of unbranched alkanes of at least 4 members (excludes halogenated alkanes) is 2. The Morgan fingerprint density at radius 3 is 2.19 bits per heavy atom. The summed E-state index contributed by atoms with van der Waals surface area (Å²) in [4.78, 5) is 0. The summed E-state index contributed by atoms with van der Waals surface area (Å²) in [5, 5.41) is 2.84. The zero-order valence-electron chi connectivity index (χ0n) is 16.1. The predicted molar refractivity (Wildman–Crippen MR) is 111 cm³/mol. The van der Waals surface area contributed by atoms with Gasteiger partial charge in [0.25, 0.3) is 0 Å². The molecule has 1 atom stereocenters. The molecule has 0 amide bonds. The summed E-state index contributed by atoms with van der Waals surface area (Å²) in [6.07, 6.45) is 5.55. The molecule has 0 aliphatic heterocycles. The summed E-state index contributed by atoms with van der Waals surface area (Å²) in [6.45, 7) is 4.70. The number of fused-ring (bicyclic) bond motifs is 5. The first-order valence-corrected chi connectivity index (χ1v) is 15.2. The van der Waals surface area contributed by atoms with Crippen LogP contribution in [0.1, 0.15) is 54.3 Å². The second kappa shape index (κ2) is 8.22. The Bertz CT molecular complexity index is 888. The Morgan fingerprint density at radius 2 is 1.42 bits per heavy atom. The molecule has 1 aliphatic rings. The van der Waals surface area contributed by atoms with Crippen molar-refractivity contribution in [2.45, 2.75) is 51.4 Å². The van der Waals surface area contributed by atoms with Crippen LogP contribution in [0.15, 0.2) is 60.7 Å². The summed E-state index contributed by atoms with van der Waals surface area (Å²) < 4.78 is 3.86. The fraction of sp³-hybridized carbons (Fsp3) is 0.360. The fourth-order valence-corrected chi connectivity index (χ4v) is 14.0. The first-order chi connectivity index (χ1) is 12.8. The summed E-state index contributed by atoms with van der Waals surface area (Å²) in [7, 11) is 0. The molecule has 0 radical (unpaired) electrons. The second-order valence-corrected chi connectivity index (χ2v) is 14.7. The van der Waals surface area contributed by atoms with Gasteiger partial charge in [0.05, 0.1) is 0 Å². The summed E-state index contributed by atoms with van der Waals surface area (Å²) in [6, 6.07) is 23.1. The van der Waals surface area contributed by atoms with Gasteiger partial charge in [-0.3, -0.25) is 0 Å². The molecule has 3 aromatic carbocycles. The van der Waals surface area contributed by atoms with Crippen LogP contribution < -0.4 is 0 Å². The molecule has 1 aliphatic carbocycles. The molecular formula is C25H29Zr. The molecule has 0 saturated carbocycles. The van der Waals surface area contributed by atoms with E-state index in [9.17, 15) is 0 Å². The van der Waals surface area contributed by atoms with Crippen molar-refractivity contribution >= 4 is 10.8 Å². The van der Waals surface area contributed by atoms with Crippen LogP contribution in [-0.2, 0) is 21.8 Å². The molecule has 0 N–H and O–H groups in total. The third-order valence-corrected chi connectivity index (χ3v) is 14.4. The maximum absolute atomic E-state index is 2.47. The second-order valence-electron chi connectivity index (χ2n) is 7.64. The van der Waals surface area contributed by atoms with Crippen molar-refractivity contribution < 1.29 is 21.8 Å². The van der Waals surface area contributed by atoms with Crippen molar-refractivity contribution in [3.05, 3.63) is 71.8 Å². The summed E-state index contributed by atoms with van der Waals surface area (Å²) in [5.74, 6) is 0. The molecule has 0 aromatic heterocycles. The average Bonchev–Trinajstić information content (AvgIpc) is 3.03. The van der Waals surface area contributed by atoms with Crippen LogP contribution in [-0.4, -0.2) is 0 Å². The van der Waals surface area contributed by atoms with Gasteiger partial charge in [-0.15, -0.1) is 0 Å². The Morgan fingerprint density at radius 1 is 0.731 bits per heavy atom. The van der Waals surface area contributed by atoms with E-state index >= 15 is 0 Å². The van der Waals surface area contributed by atoms with Crippen LogP contribution in [0.3, 0.4) is 0 Å². The predicted octanol–water partition coefficient (Wildman–Crippen LogP) is 7.96. The summed E-state index contributed by atoms with van der Waals surface area (Å²) >= 11 is -1.56. The third kappa shape index (κ3) is 3.24. The van der Waals surface area contributed by atoms with E-state index in [1.54, 1.807) is 24.9 Å². The number of benzene rings is 3. The van der Waals surface area contributed by atoms with Gasteiger partial charge >= 0.3 is 167 Å². The molecule has 1 unspecified atom stereocenters. The zero-order valence-corrected chi connectivity index (χ0v) is 18.6. The van der Waals surface area contributed by atoms with E-state index in [-0.39, 0.29) is 0 Å². The molecule has 0 bridgehead atoms. The van der Waals surface area contributed by atoms with E-state index in [0.29, 0.717) is 0 Å². The standard InChI is InChI=1S/C17H11.2C4H9.Zr/c1-3-7-15-12(5-1)9-10-14-11-13-6-2-4-8-16(13)17(14)15;2*1-3-4-2;/h1-11H;2*1,3-4H2,2H3;. The van der Waals surface area contributed by atoms with Crippen molar-refractivity contribution in [2.24, 2.45) is 0 Å². The molecule has 0 spiro atoms. The van der Waals surface area contributed by atoms with Crippen molar-refractivity contribution in [1.82, 2.24) is 0 Å². The minimum absolute atomic E-state index is 0.770.